The summed E-state index contributed by atoms with van der Waals surface area (Å²) in [6.45, 7) is 1.83. The summed E-state index contributed by atoms with van der Waals surface area (Å²) >= 11 is 0. The largest absolute Gasteiger partial charge is 0.476 e. The van der Waals surface area contributed by atoms with E-state index in [4.69, 9.17) is 14.2 Å². The van der Waals surface area contributed by atoms with Crippen LogP contribution in [0.25, 0.3) is 11.3 Å². The normalized spacial score (nSPS) is 17.8. The van der Waals surface area contributed by atoms with Crippen LogP contribution >= 0.6 is 0 Å². The third-order valence-electron chi connectivity index (χ3n) is 4.47. The average Bonchev–Trinajstić information content (AvgIpc) is 2.62. The highest BCUT2D eigenvalue weighted by Gasteiger charge is 2.24. The molecule has 3 rings (SSSR count). The van der Waals surface area contributed by atoms with Crippen molar-refractivity contribution in [1.82, 2.24) is 9.88 Å². The molecule has 0 unspecified atom stereocenters. The second-order valence-corrected chi connectivity index (χ2v) is 6.02. The van der Waals surface area contributed by atoms with Crippen molar-refractivity contribution >= 4 is 0 Å². The maximum atomic E-state index is 5.86. The van der Waals surface area contributed by atoms with Crippen LogP contribution < -0.4 is 4.74 Å². The predicted octanol–water partition coefficient (Wildman–Crippen LogP) is 3.12. The Labute approximate surface area is 143 Å². The van der Waals surface area contributed by atoms with Crippen molar-refractivity contribution in [3.63, 3.8) is 0 Å². The lowest BCUT2D eigenvalue weighted by molar-refractivity contribution is -0.105. The molecule has 0 amide bonds. The molecular formula is C19H24N2O3. The predicted molar refractivity (Wildman–Crippen MR) is 93.0 cm³/mol. The third-order valence-corrected chi connectivity index (χ3v) is 4.47. The molecule has 1 aliphatic rings. The molecule has 5 heteroatoms. The fourth-order valence-electron chi connectivity index (χ4n) is 2.83. The van der Waals surface area contributed by atoms with Crippen LogP contribution in [-0.4, -0.2) is 50.3 Å². The number of benzene rings is 1. The molecule has 1 aromatic heterocycles. The number of hydrogen-bond acceptors (Lipinski definition) is 5. The zero-order chi connectivity index (χ0) is 16.9. The third kappa shape index (κ3) is 3.75. The van der Waals surface area contributed by atoms with Crippen molar-refractivity contribution in [2.45, 2.75) is 18.8 Å². The van der Waals surface area contributed by atoms with Crippen LogP contribution in [0.1, 0.15) is 18.3 Å². The van der Waals surface area contributed by atoms with Crippen molar-refractivity contribution < 1.29 is 14.2 Å². The van der Waals surface area contributed by atoms with E-state index in [1.165, 1.54) is 6.42 Å². The van der Waals surface area contributed by atoms with E-state index in [0.717, 1.165) is 23.4 Å². The second-order valence-electron chi connectivity index (χ2n) is 6.02. The second kappa shape index (κ2) is 7.75. The van der Waals surface area contributed by atoms with Crippen LogP contribution in [0.3, 0.4) is 0 Å². The molecule has 0 radical (unpaired) electrons. The van der Waals surface area contributed by atoms with Crippen molar-refractivity contribution in [2.24, 2.45) is 0 Å². The molecule has 24 heavy (non-hydrogen) atoms. The Balaban J connectivity index is 1.74. The molecule has 0 N–H and O–H groups in total. The molecule has 1 aromatic carbocycles. The van der Waals surface area contributed by atoms with Gasteiger partial charge in [-0.3, -0.25) is 4.90 Å². The molecule has 1 fully saturated rings. The zero-order valence-electron chi connectivity index (χ0n) is 14.4. The first kappa shape index (κ1) is 16.9. The quantitative estimate of drug-likeness (QED) is 0.731. The van der Waals surface area contributed by atoms with E-state index in [0.29, 0.717) is 18.5 Å². The summed E-state index contributed by atoms with van der Waals surface area (Å²) in [6, 6.07) is 14.4. The van der Waals surface area contributed by atoms with Gasteiger partial charge in [-0.2, -0.15) is 0 Å². The van der Waals surface area contributed by atoms with Gasteiger partial charge in [-0.15, -0.1) is 0 Å². The Kier molecular flexibility index (Phi) is 5.45. The van der Waals surface area contributed by atoms with Gasteiger partial charge >= 0.3 is 0 Å². The van der Waals surface area contributed by atoms with E-state index in [1.54, 1.807) is 14.2 Å². The number of ether oxygens (including phenoxy) is 3. The van der Waals surface area contributed by atoms with Crippen LogP contribution in [0.2, 0.25) is 0 Å². The topological polar surface area (TPSA) is 43.8 Å². The fourth-order valence-corrected chi connectivity index (χ4v) is 2.83. The Morgan fingerprint density at radius 1 is 1.17 bits per heavy atom. The number of pyridine rings is 1. The molecule has 2 heterocycles. The van der Waals surface area contributed by atoms with Crippen molar-refractivity contribution in [1.29, 1.82) is 0 Å². The summed E-state index contributed by atoms with van der Waals surface area (Å²) in [5, 5.41) is 0. The highest BCUT2D eigenvalue weighted by atomic mass is 16.7. The molecule has 0 saturated carbocycles. The fraction of sp³-hybridized carbons (Fsp3) is 0.421. The first-order chi connectivity index (χ1) is 11.7. The minimum absolute atomic E-state index is 0.376. The smallest absolute Gasteiger partial charge is 0.213 e. The molecule has 0 spiro atoms. The Bertz CT molecular complexity index is 673. The van der Waals surface area contributed by atoms with Crippen LogP contribution in [0, 0.1) is 0 Å². The molecule has 0 aliphatic carbocycles. The first-order valence-corrected chi connectivity index (χ1v) is 8.17. The Morgan fingerprint density at radius 2 is 1.96 bits per heavy atom. The molecule has 2 aromatic rings. The van der Waals surface area contributed by atoms with E-state index in [2.05, 4.69) is 16.9 Å². The molecular weight excluding hydrogens is 304 g/mol. The zero-order valence-corrected chi connectivity index (χ0v) is 14.4. The summed E-state index contributed by atoms with van der Waals surface area (Å²) < 4.78 is 16.5. The number of likely N-dealkylation sites (tertiary alicyclic amines) is 1. The lowest BCUT2D eigenvalue weighted by atomic mass is 10.1. The maximum absolute atomic E-state index is 5.86. The van der Waals surface area contributed by atoms with Gasteiger partial charge in [0.2, 0.25) is 5.88 Å². The van der Waals surface area contributed by atoms with Crippen molar-refractivity contribution in [3.8, 4) is 17.1 Å². The summed E-state index contributed by atoms with van der Waals surface area (Å²) in [4.78, 5) is 6.92. The number of hydrogen-bond donors (Lipinski definition) is 0. The van der Waals surface area contributed by atoms with Crippen molar-refractivity contribution in [3.05, 3.63) is 48.0 Å². The Morgan fingerprint density at radius 3 is 2.62 bits per heavy atom. The monoisotopic (exact) mass is 328 g/mol. The van der Waals surface area contributed by atoms with Gasteiger partial charge in [0.25, 0.3) is 0 Å². The van der Waals surface area contributed by atoms with Crippen LogP contribution in [0.15, 0.2) is 42.5 Å². The van der Waals surface area contributed by atoms with E-state index in [-0.39, 0.29) is 6.29 Å². The number of rotatable bonds is 7. The van der Waals surface area contributed by atoms with Gasteiger partial charge in [-0.25, -0.2) is 4.98 Å². The number of aromatic nitrogens is 1. The molecule has 5 nitrogen and oxygen atoms in total. The van der Waals surface area contributed by atoms with Gasteiger partial charge in [-0.1, -0.05) is 24.3 Å². The summed E-state index contributed by atoms with van der Waals surface area (Å²) in [6.07, 6.45) is 0.812. The van der Waals surface area contributed by atoms with Crippen LogP contribution in [-0.2, 0) is 9.47 Å². The molecule has 1 saturated heterocycles. The van der Waals surface area contributed by atoms with Gasteiger partial charge in [-0.05, 0) is 32.1 Å². The standard InChI is InChI=1S/C19H24N2O3/c1-21-11-10-16(21)13-24-18-9-5-8-17(20-18)14-6-4-7-15(12-14)19(22-2)23-3/h4-9,12,16,19H,10-11,13H2,1-3H3/t16-/m1/s1. The lowest BCUT2D eigenvalue weighted by Gasteiger charge is -2.37. The number of methoxy groups -OCH3 is 2. The van der Waals surface area contributed by atoms with Gasteiger partial charge < -0.3 is 14.2 Å². The van der Waals surface area contributed by atoms with Crippen LogP contribution in [0.4, 0.5) is 0 Å². The molecule has 0 bridgehead atoms. The molecule has 128 valence electrons. The van der Waals surface area contributed by atoms with Gasteiger partial charge in [0.05, 0.1) is 5.69 Å². The lowest BCUT2D eigenvalue weighted by Crippen LogP contribution is -2.48. The minimum atomic E-state index is -0.376. The highest BCUT2D eigenvalue weighted by Crippen LogP contribution is 2.25. The summed E-state index contributed by atoms with van der Waals surface area (Å²) in [7, 11) is 5.38. The van der Waals surface area contributed by atoms with Gasteiger partial charge in [0, 0.05) is 37.5 Å². The van der Waals surface area contributed by atoms with Gasteiger partial charge in [0.1, 0.15) is 6.61 Å². The van der Waals surface area contributed by atoms with E-state index >= 15 is 0 Å². The van der Waals surface area contributed by atoms with E-state index < -0.39 is 0 Å². The first-order valence-electron chi connectivity index (χ1n) is 8.17. The maximum Gasteiger partial charge on any atom is 0.213 e. The number of nitrogens with zero attached hydrogens (tertiary/aromatic N) is 2. The minimum Gasteiger partial charge on any atom is -0.476 e. The van der Waals surface area contributed by atoms with Gasteiger partial charge in [0.15, 0.2) is 6.29 Å². The highest BCUT2D eigenvalue weighted by molar-refractivity contribution is 5.60. The molecule has 1 aliphatic heterocycles. The molecule has 1 atom stereocenters. The summed E-state index contributed by atoms with van der Waals surface area (Å²) in [5.74, 6) is 0.660. The Hall–Kier alpha value is -1.95. The van der Waals surface area contributed by atoms with E-state index in [1.807, 2.05) is 42.5 Å². The summed E-state index contributed by atoms with van der Waals surface area (Å²) in [5.41, 5.74) is 2.85. The average molecular weight is 328 g/mol. The van der Waals surface area contributed by atoms with Crippen molar-refractivity contribution in [2.75, 3.05) is 34.4 Å². The SMILES string of the molecule is COC(OC)c1cccc(-c2cccc(OC[C@H]3CCN3C)n2)c1. The van der Waals surface area contributed by atoms with E-state index in [9.17, 15) is 0 Å². The van der Waals surface area contributed by atoms with Crippen LogP contribution in [0.5, 0.6) is 5.88 Å². The number of likely N-dealkylation sites (N-methyl/N-ethyl adjacent to an activating group) is 1.